The lowest BCUT2D eigenvalue weighted by Crippen LogP contribution is -2.37. The number of phenolic OH excluding ortho intramolecular Hbond substituents is 1. The van der Waals surface area contributed by atoms with Crippen LogP contribution in [0.5, 0.6) is 5.75 Å². The van der Waals surface area contributed by atoms with Crippen molar-refractivity contribution < 1.29 is 19.2 Å². The van der Waals surface area contributed by atoms with Gasteiger partial charge in [-0.05, 0) is 35.4 Å². The third-order valence-electron chi connectivity index (χ3n) is 5.43. The van der Waals surface area contributed by atoms with Crippen molar-refractivity contribution in [2.45, 2.75) is 19.0 Å². The second kappa shape index (κ2) is 11.5. The Morgan fingerprint density at radius 1 is 0.912 bits per heavy atom. The highest BCUT2D eigenvalue weighted by molar-refractivity contribution is 5.83. The molecule has 0 fully saturated rings. The van der Waals surface area contributed by atoms with Crippen molar-refractivity contribution in [3.63, 3.8) is 0 Å². The summed E-state index contributed by atoms with van der Waals surface area (Å²) >= 11 is 0. The number of nitrogens with zero attached hydrogens (tertiary/aromatic N) is 2. The molecule has 34 heavy (non-hydrogen) atoms. The summed E-state index contributed by atoms with van der Waals surface area (Å²) in [5, 5.41) is 13.7. The van der Waals surface area contributed by atoms with Crippen molar-refractivity contribution in [3.05, 3.63) is 126 Å². The lowest BCUT2D eigenvalue weighted by atomic mass is 10.0. The monoisotopic (exact) mass is 454 g/mol. The topological polar surface area (TPSA) is 75.3 Å². The zero-order chi connectivity index (χ0) is 23.6. The molecule has 6 nitrogen and oxygen atoms in total. The highest BCUT2D eigenvalue weighted by atomic mass is 16.6. The summed E-state index contributed by atoms with van der Waals surface area (Å²) in [7, 11) is 0. The molecule has 0 bridgehead atoms. The van der Waals surface area contributed by atoms with Crippen LogP contribution in [-0.2, 0) is 22.6 Å². The average Bonchev–Trinajstić information content (AvgIpc) is 3.41. The molecule has 0 spiro atoms. The van der Waals surface area contributed by atoms with Gasteiger partial charge in [0.05, 0.1) is 18.5 Å². The van der Waals surface area contributed by atoms with E-state index in [0.717, 1.165) is 11.1 Å². The average molecular weight is 455 g/mol. The first-order valence-corrected chi connectivity index (χ1v) is 11.0. The molecule has 1 amide bonds. The molecule has 1 unspecified atom stereocenters. The Morgan fingerprint density at radius 2 is 1.59 bits per heavy atom. The van der Waals surface area contributed by atoms with Gasteiger partial charge in [-0.2, -0.15) is 0 Å². The number of aromatic hydroxyl groups is 1. The first-order chi connectivity index (χ1) is 16.7. The normalized spacial score (nSPS) is 11.9. The van der Waals surface area contributed by atoms with Crippen LogP contribution in [0.1, 0.15) is 28.5 Å². The van der Waals surface area contributed by atoms with Crippen LogP contribution in [0.3, 0.4) is 0 Å². The second-order valence-corrected chi connectivity index (χ2v) is 7.79. The molecule has 6 heteroatoms. The molecular weight excluding hydrogens is 428 g/mol. The van der Waals surface area contributed by atoms with Crippen LogP contribution in [0, 0.1) is 0 Å². The Bertz CT molecular complexity index is 1190. The number of hydrogen-bond acceptors (Lipinski definition) is 5. The Morgan fingerprint density at radius 3 is 2.26 bits per heavy atom. The summed E-state index contributed by atoms with van der Waals surface area (Å²) in [4.78, 5) is 20.5. The van der Waals surface area contributed by atoms with Crippen LogP contribution in [0.2, 0.25) is 0 Å². The minimum absolute atomic E-state index is 0.0904. The molecule has 172 valence electrons. The molecule has 0 aliphatic carbocycles. The minimum atomic E-state index is -0.323. The largest absolute Gasteiger partial charge is 0.507 e. The fourth-order valence-corrected chi connectivity index (χ4v) is 3.70. The highest BCUT2D eigenvalue weighted by Crippen LogP contribution is 2.28. The number of para-hydroxylation sites is 1. The summed E-state index contributed by atoms with van der Waals surface area (Å²) in [6.45, 7) is 0.146. The second-order valence-electron chi connectivity index (χ2n) is 7.79. The van der Waals surface area contributed by atoms with E-state index in [1.807, 2.05) is 72.8 Å². The molecule has 4 rings (SSSR count). The third kappa shape index (κ3) is 6.13. The Balaban J connectivity index is 1.55. The highest BCUT2D eigenvalue weighted by Gasteiger charge is 2.28. The first-order valence-electron chi connectivity index (χ1n) is 11.0. The number of rotatable bonds is 10. The van der Waals surface area contributed by atoms with Gasteiger partial charge in [0, 0.05) is 18.5 Å². The fraction of sp³-hybridized carbons (Fsp3) is 0.143. The van der Waals surface area contributed by atoms with Crippen LogP contribution in [0.4, 0.5) is 0 Å². The maximum absolute atomic E-state index is 13.4. The van der Waals surface area contributed by atoms with E-state index in [1.165, 1.54) is 6.21 Å². The molecule has 0 saturated carbocycles. The van der Waals surface area contributed by atoms with Crippen LogP contribution in [-0.4, -0.2) is 28.7 Å². The van der Waals surface area contributed by atoms with Gasteiger partial charge in [-0.3, -0.25) is 4.79 Å². The quantitative estimate of drug-likeness (QED) is 0.259. The number of furan rings is 1. The van der Waals surface area contributed by atoms with Gasteiger partial charge in [-0.1, -0.05) is 78.0 Å². The molecule has 1 aromatic heterocycles. The Hall–Kier alpha value is -4.32. The molecule has 1 heterocycles. The van der Waals surface area contributed by atoms with Gasteiger partial charge in [0.1, 0.15) is 11.5 Å². The van der Waals surface area contributed by atoms with Crippen LogP contribution >= 0.6 is 0 Å². The lowest BCUT2D eigenvalue weighted by molar-refractivity contribution is -0.139. The number of phenols is 1. The molecule has 0 radical (unpaired) electrons. The number of carbonyl (C=O) groups is 1. The van der Waals surface area contributed by atoms with Gasteiger partial charge in [-0.25, -0.2) is 0 Å². The summed E-state index contributed by atoms with van der Waals surface area (Å²) < 4.78 is 5.74. The molecule has 0 aliphatic rings. The zero-order valence-electron chi connectivity index (χ0n) is 18.7. The molecule has 1 N–H and O–H groups in total. The summed E-state index contributed by atoms with van der Waals surface area (Å²) in [5.74, 6) is 0.564. The smallest absolute Gasteiger partial charge is 0.264 e. The van der Waals surface area contributed by atoms with Crippen LogP contribution in [0.25, 0.3) is 0 Å². The molecule has 4 aromatic rings. The number of oxime groups is 1. The first kappa shape index (κ1) is 22.9. The minimum Gasteiger partial charge on any atom is -0.507 e. The molecule has 3 aromatic carbocycles. The number of carbonyl (C=O) groups excluding carboxylic acids is 1. The summed E-state index contributed by atoms with van der Waals surface area (Å²) in [5.41, 5.74) is 2.60. The van der Waals surface area contributed by atoms with E-state index < -0.39 is 0 Å². The molecule has 0 saturated heterocycles. The fourth-order valence-electron chi connectivity index (χ4n) is 3.70. The molecule has 0 aliphatic heterocycles. The van der Waals surface area contributed by atoms with Gasteiger partial charge in [0.15, 0.2) is 6.61 Å². The third-order valence-corrected chi connectivity index (χ3v) is 5.43. The van der Waals surface area contributed by atoms with Gasteiger partial charge >= 0.3 is 0 Å². The van der Waals surface area contributed by atoms with E-state index >= 15 is 0 Å². The van der Waals surface area contributed by atoms with E-state index in [-0.39, 0.29) is 24.3 Å². The van der Waals surface area contributed by atoms with E-state index in [9.17, 15) is 9.90 Å². The SMILES string of the molecule is O=C(CON=Cc1ccccc1O)N(Cc1ccccc1)C(Cc1ccccc1)c1ccco1. The Kier molecular flexibility index (Phi) is 7.74. The van der Waals surface area contributed by atoms with Crippen molar-refractivity contribution in [3.8, 4) is 5.75 Å². The van der Waals surface area contributed by atoms with Crippen LogP contribution < -0.4 is 0 Å². The predicted molar refractivity (Wildman–Crippen MR) is 130 cm³/mol. The summed E-state index contributed by atoms with van der Waals surface area (Å²) in [6, 6.07) is 30.0. The van der Waals surface area contributed by atoms with Crippen molar-refractivity contribution in [1.82, 2.24) is 4.90 Å². The number of amides is 1. The van der Waals surface area contributed by atoms with E-state index in [4.69, 9.17) is 9.25 Å². The van der Waals surface area contributed by atoms with Gasteiger partial charge in [-0.15, -0.1) is 0 Å². The van der Waals surface area contributed by atoms with Crippen molar-refractivity contribution in [2.24, 2.45) is 5.16 Å². The van der Waals surface area contributed by atoms with Crippen molar-refractivity contribution in [2.75, 3.05) is 6.61 Å². The number of hydrogen-bond donors (Lipinski definition) is 1. The maximum Gasteiger partial charge on any atom is 0.264 e. The molecule has 1 atom stereocenters. The Labute approximate surface area is 198 Å². The zero-order valence-corrected chi connectivity index (χ0v) is 18.7. The molecular formula is C28H26N2O4. The summed E-state index contributed by atoms with van der Waals surface area (Å²) in [6.07, 6.45) is 3.60. The van der Waals surface area contributed by atoms with Gasteiger partial charge in [0.25, 0.3) is 5.91 Å². The number of benzene rings is 3. The van der Waals surface area contributed by atoms with Crippen molar-refractivity contribution >= 4 is 12.1 Å². The van der Waals surface area contributed by atoms with E-state index in [0.29, 0.717) is 24.3 Å². The van der Waals surface area contributed by atoms with Gasteiger partial charge < -0.3 is 19.3 Å². The van der Waals surface area contributed by atoms with E-state index in [2.05, 4.69) is 5.16 Å². The van der Waals surface area contributed by atoms with Crippen LogP contribution in [0.15, 0.2) is 113 Å². The lowest BCUT2D eigenvalue weighted by Gasteiger charge is -2.30. The standard InChI is InChI=1S/C28H26N2O4/c31-26-15-8-7-14-24(26)19-29-34-21-28(32)30(20-23-12-5-2-6-13-23)25(27-16-9-17-33-27)18-22-10-3-1-4-11-22/h1-17,19,25,31H,18,20-21H2. The van der Waals surface area contributed by atoms with Crippen molar-refractivity contribution in [1.29, 1.82) is 0 Å². The maximum atomic E-state index is 13.4. The van der Waals surface area contributed by atoms with Gasteiger partial charge in [0.2, 0.25) is 0 Å². The predicted octanol–water partition coefficient (Wildman–Crippen LogP) is 5.35. The van der Waals surface area contributed by atoms with E-state index in [1.54, 1.807) is 35.4 Å².